The van der Waals surface area contributed by atoms with E-state index in [1.807, 2.05) is 36.0 Å². The summed E-state index contributed by atoms with van der Waals surface area (Å²) >= 11 is 0. The number of furan rings is 1. The molecule has 7 nitrogen and oxygen atoms in total. The van der Waals surface area contributed by atoms with Crippen LogP contribution in [0.2, 0.25) is 0 Å². The van der Waals surface area contributed by atoms with Gasteiger partial charge >= 0.3 is 6.01 Å². The van der Waals surface area contributed by atoms with Crippen molar-refractivity contribution < 1.29 is 9.15 Å². The molecule has 0 aromatic carbocycles. The van der Waals surface area contributed by atoms with Crippen LogP contribution in [-0.4, -0.2) is 37.8 Å². The summed E-state index contributed by atoms with van der Waals surface area (Å²) in [6, 6.07) is 8.35. The Morgan fingerprint density at radius 2 is 2.08 bits per heavy atom. The Kier molecular flexibility index (Phi) is 4.00. The van der Waals surface area contributed by atoms with Crippen LogP contribution in [0.25, 0.3) is 0 Å². The first-order valence-corrected chi connectivity index (χ1v) is 7.98. The molecule has 1 atom stereocenters. The first kappa shape index (κ1) is 14.9. The number of nitrogens with zero attached hydrogens (tertiary/aromatic N) is 5. The topological polar surface area (TPSA) is 69.2 Å². The summed E-state index contributed by atoms with van der Waals surface area (Å²) in [6.07, 6.45) is 5.18. The predicted molar refractivity (Wildman–Crippen MR) is 86.4 cm³/mol. The Balaban J connectivity index is 1.46. The van der Waals surface area contributed by atoms with E-state index in [-0.39, 0.29) is 6.04 Å². The van der Waals surface area contributed by atoms with E-state index in [1.54, 1.807) is 18.5 Å². The van der Waals surface area contributed by atoms with Gasteiger partial charge in [0.1, 0.15) is 18.1 Å². The third-order valence-corrected chi connectivity index (χ3v) is 4.08. The van der Waals surface area contributed by atoms with Gasteiger partial charge in [-0.05, 0) is 31.2 Å². The molecule has 0 amide bonds. The highest BCUT2D eigenvalue weighted by atomic mass is 16.5. The lowest BCUT2D eigenvalue weighted by Crippen LogP contribution is -2.39. The Morgan fingerprint density at radius 3 is 2.88 bits per heavy atom. The molecule has 124 valence electrons. The van der Waals surface area contributed by atoms with E-state index in [4.69, 9.17) is 9.15 Å². The van der Waals surface area contributed by atoms with Gasteiger partial charge in [-0.25, -0.2) is 9.97 Å². The largest absolute Gasteiger partial charge is 0.465 e. The molecule has 3 aromatic rings. The summed E-state index contributed by atoms with van der Waals surface area (Å²) in [6.45, 7) is 4.90. The number of aromatic nitrogens is 4. The second-order valence-electron chi connectivity index (χ2n) is 5.95. The van der Waals surface area contributed by atoms with Crippen molar-refractivity contribution in [1.82, 2.24) is 24.6 Å². The molecular formula is C17H19N5O2. The average molecular weight is 325 g/mol. The summed E-state index contributed by atoms with van der Waals surface area (Å²) in [7, 11) is 0. The minimum Gasteiger partial charge on any atom is -0.465 e. The summed E-state index contributed by atoms with van der Waals surface area (Å²) in [5.41, 5.74) is 1.17. The lowest BCUT2D eigenvalue weighted by atomic mass is 10.2. The molecule has 4 rings (SSSR count). The molecule has 0 saturated carbocycles. The van der Waals surface area contributed by atoms with Crippen LogP contribution in [0.15, 0.2) is 47.3 Å². The molecule has 7 heteroatoms. The zero-order chi connectivity index (χ0) is 16.4. The number of aryl methyl sites for hydroxylation is 1. The third-order valence-electron chi connectivity index (χ3n) is 4.08. The van der Waals surface area contributed by atoms with Crippen molar-refractivity contribution in [2.24, 2.45) is 0 Å². The Labute approximate surface area is 139 Å². The molecule has 0 spiro atoms. The minimum absolute atomic E-state index is 0.114. The van der Waals surface area contributed by atoms with E-state index in [0.29, 0.717) is 12.6 Å². The maximum absolute atomic E-state index is 5.74. The fraction of sp³-hybridized carbons (Fsp3) is 0.353. The SMILES string of the molecule is Cc1ccc(CN2Cc3ccnn3[C@H](COc3ncccn3)C2)o1. The zero-order valence-corrected chi connectivity index (χ0v) is 13.5. The van der Waals surface area contributed by atoms with Gasteiger partial charge in [0.2, 0.25) is 0 Å². The van der Waals surface area contributed by atoms with Gasteiger partial charge in [0.15, 0.2) is 0 Å². The number of rotatable bonds is 5. The summed E-state index contributed by atoms with van der Waals surface area (Å²) in [5.74, 6) is 1.92. The zero-order valence-electron chi connectivity index (χ0n) is 13.5. The van der Waals surface area contributed by atoms with Gasteiger partial charge in [-0.1, -0.05) is 0 Å². The number of fused-ring (bicyclic) bond motifs is 1. The van der Waals surface area contributed by atoms with Crippen molar-refractivity contribution >= 4 is 0 Å². The highest BCUT2D eigenvalue weighted by molar-refractivity contribution is 5.09. The average Bonchev–Trinajstić information content (AvgIpc) is 3.22. The molecule has 24 heavy (non-hydrogen) atoms. The van der Waals surface area contributed by atoms with Gasteiger partial charge in [-0.3, -0.25) is 9.58 Å². The molecule has 0 aliphatic carbocycles. The van der Waals surface area contributed by atoms with Crippen LogP contribution in [0.3, 0.4) is 0 Å². The first-order chi connectivity index (χ1) is 11.8. The lowest BCUT2D eigenvalue weighted by Gasteiger charge is -2.33. The number of hydrogen-bond donors (Lipinski definition) is 0. The molecule has 0 unspecified atom stereocenters. The van der Waals surface area contributed by atoms with Crippen molar-refractivity contribution in [3.05, 3.63) is 60.1 Å². The number of hydrogen-bond acceptors (Lipinski definition) is 6. The van der Waals surface area contributed by atoms with Gasteiger partial charge in [-0.15, -0.1) is 0 Å². The monoisotopic (exact) mass is 325 g/mol. The first-order valence-electron chi connectivity index (χ1n) is 7.98. The molecule has 0 N–H and O–H groups in total. The second kappa shape index (κ2) is 6.45. The predicted octanol–water partition coefficient (Wildman–Crippen LogP) is 2.21. The highest BCUT2D eigenvalue weighted by Crippen LogP contribution is 2.23. The van der Waals surface area contributed by atoms with Crippen molar-refractivity contribution in [3.63, 3.8) is 0 Å². The Morgan fingerprint density at radius 1 is 1.21 bits per heavy atom. The summed E-state index contributed by atoms with van der Waals surface area (Å²) < 4.78 is 13.5. The van der Waals surface area contributed by atoms with Gasteiger partial charge in [0.05, 0.1) is 18.3 Å². The van der Waals surface area contributed by atoms with Crippen LogP contribution < -0.4 is 4.74 Å². The van der Waals surface area contributed by atoms with Crippen molar-refractivity contribution in [2.45, 2.75) is 26.1 Å². The lowest BCUT2D eigenvalue weighted by molar-refractivity contribution is 0.117. The fourth-order valence-corrected chi connectivity index (χ4v) is 3.03. The van der Waals surface area contributed by atoms with Crippen molar-refractivity contribution in [3.8, 4) is 6.01 Å². The van der Waals surface area contributed by atoms with Crippen molar-refractivity contribution in [2.75, 3.05) is 13.2 Å². The maximum Gasteiger partial charge on any atom is 0.316 e. The van der Waals surface area contributed by atoms with E-state index in [2.05, 4.69) is 20.0 Å². The fourth-order valence-electron chi connectivity index (χ4n) is 3.03. The highest BCUT2D eigenvalue weighted by Gasteiger charge is 2.26. The van der Waals surface area contributed by atoms with E-state index in [0.717, 1.165) is 31.2 Å². The van der Waals surface area contributed by atoms with Gasteiger partial charge in [0, 0.05) is 31.7 Å². The third kappa shape index (κ3) is 3.16. The summed E-state index contributed by atoms with van der Waals surface area (Å²) in [5, 5.41) is 4.44. The van der Waals surface area contributed by atoms with Gasteiger partial charge < -0.3 is 9.15 Å². The molecule has 3 aromatic heterocycles. The quantitative estimate of drug-likeness (QED) is 0.716. The van der Waals surface area contributed by atoms with Crippen LogP contribution in [-0.2, 0) is 13.1 Å². The Bertz CT molecular complexity index is 798. The molecule has 4 heterocycles. The smallest absolute Gasteiger partial charge is 0.316 e. The molecule has 1 aliphatic heterocycles. The van der Waals surface area contributed by atoms with E-state index < -0.39 is 0 Å². The van der Waals surface area contributed by atoms with Gasteiger partial charge in [-0.2, -0.15) is 5.10 Å². The van der Waals surface area contributed by atoms with Crippen molar-refractivity contribution in [1.29, 1.82) is 0 Å². The minimum atomic E-state index is 0.114. The number of ether oxygens (including phenoxy) is 1. The molecule has 0 bridgehead atoms. The molecule has 0 saturated heterocycles. The van der Waals surface area contributed by atoms with Gasteiger partial charge in [0.25, 0.3) is 0 Å². The maximum atomic E-state index is 5.74. The van der Waals surface area contributed by atoms with E-state index >= 15 is 0 Å². The van der Waals surface area contributed by atoms with E-state index in [1.165, 1.54) is 5.69 Å². The molecule has 0 radical (unpaired) electrons. The standard InChI is InChI=1S/C17H19N5O2/c1-13-3-4-16(24-13)11-21-9-14-5-8-20-22(14)15(10-21)12-23-17-18-6-2-7-19-17/h2-8,15H,9-12H2,1H3/t15-/m0/s1. The van der Waals surface area contributed by atoms with Crippen LogP contribution in [0.1, 0.15) is 23.3 Å². The van der Waals surface area contributed by atoms with Crippen LogP contribution >= 0.6 is 0 Å². The molecule has 1 aliphatic rings. The molecular weight excluding hydrogens is 306 g/mol. The van der Waals surface area contributed by atoms with Crippen LogP contribution in [0.4, 0.5) is 0 Å². The second-order valence-corrected chi connectivity index (χ2v) is 5.95. The Hall–Kier alpha value is -2.67. The normalized spacial score (nSPS) is 17.6. The van der Waals surface area contributed by atoms with Crippen LogP contribution in [0, 0.1) is 6.92 Å². The van der Waals surface area contributed by atoms with Crippen LogP contribution in [0.5, 0.6) is 6.01 Å². The summed E-state index contributed by atoms with van der Waals surface area (Å²) in [4.78, 5) is 10.6. The van der Waals surface area contributed by atoms with E-state index in [9.17, 15) is 0 Å². The molecule has 0 fully saturated rings.